The van der Waals surface area contributed by atoms with E-state index in [0.717, 1.165) is 5.57 Å². The maximum Gasteiger partial charge on any atom is 0.505 e. The summed E-state index contributed by atoms with van der Waals surface area (Å²) in [6.45, 7) is 10.8. The number of ether oxygens (including phenoxy) is 2. The third-order valence-electron chi connectivity index (χ3n) is 1.26. The van der Waals surface area contributed by atoms with Crippen LogP contribution >= 0.6 is 0 Å². The Bertz CT molecular complexity index is 237. The second kappa shape index (κ2) is 7.26. The molecule has 0 saturated carbocycles. The van der Waals surface area contributed by atoms with E-state index in [1.54, 1.807) is 27.7 Å². The maximum absolute atomic E-state index is 10.3. The van der Waals surface area contributed by atoms with Crippen molar-refractivity contribution in [1.82, 2.24) is 0 Å². The van der Waals surface area contributed by atoms with Gasteiger partial charge in [-0.3, -0.25) is 0 Å². The normalized spacial score (nSPS) is 13.2. The molecular weight excluding hydrogens is 228 g/mol. The summed E-state index contributed by atoms with van der Waals surface area (Å²) in [5, 5.41) is 8.38. The second-order valence-electron chi connectivity index (χ2n) is 4.57. The number of rotatable bonds is 7. The van der Waals surface area contributed by atoms with E-state index in [4.69, 9.17) is 19.6 Å². The molecule has 0 aromatic carbocycles. The van der Waals surface area contributed by atoms with Crippen LogP contribution in [0, 0.1) is 0 Å². The molecular formula is C11H20O6. The van der Waals surface area contributed by atoms with Gasteiger partial charge in [-0.2, -0.15) is 0 Å². The van der Waals surface area contributed by atoms with Crippen LogP contribution in [-0.4, -0.2) is 36.4 Å². The van der Waals surface area contributed by atoms with Gasteiger partial charge in [-0.25, -0.2) is 14.6 Å². The van der Waals surface area contributed by atoms with Crippen LogP contribution in [0.3, 0.4) is 0 Å². The average Bonchev–Trinajstić information content (AvgIpc) is 2.14. The molecule has 0 fully saturated rings. The molecule has 6 nitrogen and oxygen atoms in total. The lowest BCUT2D eigenvalue weighted by atomic mass is 10.2. The average molecular weight is 248 g/mol. The first-order valence-electron chi connectivity index (χ1n) is 5.17. The smallest absolute Gasteiger partial charge is 0.450 e. The minimum absolute atomic E-state index is 0.237. The summed E-state index contributed by atoms with van der Waals surface area (Å²) in [5.41, 5.74) is 0.262. The van der Waals surface area contributed by atoms with Crippen molar-refractivity contribution in [2.45, 2.75) is 39.6 Å². The molecule has 0 aromatic heterocycles. The molecule has 1 unspecified atom stereocenters. The van der Waals surface area contributed by atoms with E-state index in [2.05, 4.69) is 11.3 Å². The highest BCUT2D eigenvalue weighted by atomic mass is 17.2. The van der Waals surface area contributed by atoms with Crippen LogP contribution in [0.4, 0.5) is 4.79 Å². The topological polar surface area (TPSA) is 74.2 Å². The Morgan fingerprint density at radius 3 is 2.41 bits per heavy atom. The SMILES string of the molecule is C=C(C)COC(COC(=O)O)OOC(C)(C)C. The van der Waals surface area contributed by atoms with Gasteiger partial charge in [-0.05, 0) is 27.7 Å². The van der Waals surface area contributed by atoms with Gasteiger partial charge >= 0.3 is 6.16 Å². The summed E-state index contributed by atoms with van der Waals surface area (Å²) in [6.07, 6.45) is -2.31. The van der Waals surface area contributed by atoms with Crippen molar-refractivity contribution in [1.29, 1.82) is 0 Å². The van der Waals surface area contributed by atoms with E-state index in [0.29, 0.717) is 0 Å². The fourth-order valence-corrected chi connectivity index (χ4v) is 0.676. The van der Waals surface area contributed by atoms with Crippen LogP contribution in [0.5, 0.6) is 0 Å². The van der Waals surface area contributed by atoms with Crippen molar-refractivity contribution in [2.24, 2.45) is 0 Å². The molecule has 0 spiro atoms. The molecule has 1 N–H and O–H groups in total. The Kier molecular flexibility index (Phi) is 6.79. The van der Waals surface area contributed by atoms with Crippen molar-refractivity contribution in [3.63, 3.8) is 0 Å². The molecule has 0 saturated heterocycles. The first-order chi connectivity index (χ1) is 7.70. The van der Waals surface area contributed by atoms with E-state index in [1.807, 2.05) is 0 Å². The van der Waals surface area contributed by atoms with Crippen molar-refractivity contribution in [3.05, 3.63) is 12.2 Å². The van der Waals surface area contributed by atoms with Gasteiger partial charge in [0.05, 0.1) is 12.2 Å². The predicted octanol–water partition coefficient (Wildman–Crippen LogP) is 2.35. The fourth-order valence-electron chi connectivity index (χ4n) is 0.676. The van der Waals surface area contributed by atoms with Crippen LogP contribution in [0.1, 0.15) is 27.7 Å². The molecule has 0 rings (SSSR count). The van der Waals surface area contributed by atoms with Crippen LogP contribution in [0.15, 0.2) is 12.2 Å². The molecule has 0 aliphatic carbocycles. The number of hydrogen-bond donors (Lipinski definition) is 1. The van der Waals surface area contributed by atoms with Crippen LogP contribution in [0.2, 0.25) is 0 Å². The molecule has 0 bridgehead atoms. The minimum atomic E-state index is -1.40. The zero-order chi connectivity index (χ0) is 13.5. The van der Waals surface area contributed by atoms with Gasteiger partial charge in [0.2, 0.25) is 6.29 Å². The van der Waals surface area contributed by atoms with Gasteiger partial charge in [-0.15, -0.1) is 0 Å². The summed E-state index contributed by atoms with van der Waals surface area (Å²) in [5.74, 6) is 0. The summed E-state index contributed by atoms with van der Waals surface area (Å²) in [6, 6.07) is 0. The monoisotopic (exact) mass is 248 g/mol. The van der Waals surface area contributed by atoms with Gasteiger partial charge in [-0.1, -0.05) is 12.2 Å². The van der Waals surface area contributed by atoms with Crippen molar-refractivity contribution >= 4 is 6.16 Å². The molecule has 0 heterocycles. The molecule has 100 valence electrons. The fraction of sp³-hybridized carbons (Fsp3) is 0.727. The van der Waals surface area contributed by atoms with Gasteiger partial charge in [0.1, 0.15) is 6.61 Å². The molecule has 6 heteroatoms. The summed E-state index contributed by atoms with van der Waals surface area (Å²) in [4.78, 5) is 20.2. The molecule has 0 aromatic rings. The lowest BCUT2D eigenvalue weighted by Crippen LogP contribution is -2.30. The first kappa shape index (κ1) is 15.9. The third-order valence-corrected chi connectivity index (χ3v) is 1.26. The first-order valence-corrected chi connectivity index (χ1v) is 5.17. The van der Waals surface area contributed by atoms with Crippen molar-refractivity contribution in [2.75, 3.05) is 13.2 Å². The van der Waals surface area contributed by atoms with Crippen LogP contribution in [-0.2, 0) is 19.2 Å². The molecule has 0 aliphatic heterocycles. The molecule has 1 atom stereocenters. The predicted molar refractivity (Wildman–Crippen MR) is 60.5 cm³/mol. The summed E-state index contributed by atoms with van der Waals surface area (Å²) < 4.78 is 9.57. The lowest BCUT2D eigenvalue weighted by molar-refractivity contribution is -0.418. The maximum atomic E-state index is 10.3. The standard InChI is InChI=1S/C11H20O6/c1-8(2)6-14-9(7-15-10(12)13)16-17-11(3,4)5/h9H,1,6-7H2,2-5H3,(H,12,13). The van der Waals surface area contributed by atoms with Crippen molar-refractivity contribution in [3.8, 4) is 0 Å². The van der Waals surface area contributed by atoms with Crippen molar-refractivity contribution < 1.29 is 29.1 Å². The number of carboxylic acid groups (broad SMARTS) is 1. The Hall–Kier alpha value is -1.11. The van der Waals surface area contributed by atoms with Gasteiger partial charge in [0, 0.05) is 0 Å². The molecule has 0 amide bonds. The van der Waals surface area contributed by atoms with Crippen LogP contribution < -0.4 is 0 Å². The highest BCUT2D eigenvalue weighted by Crippen LogP contribution is 2.10. The van der Waals surface area contributed by atoms with E-state index < -0.39 is 18.0 Å². The molecule has 0 radical (unpaired) electrons. The van der Waals surface area contributed by atoms with E-state index in [1.165, 1.54) is 0 Å². The zero-order valence-electron chi connectivity index (χ0n) is 10.7. The van der Waals surface area contributed by atoms with Crippen LogP contribution in [0.25, 0.3) is 0 Å². The largest absolute Gasteiger partial charge is 0.505 e. The molecule has 0 aliphatic rings. The Morgan fingerprint density at radius 1 is 1.41 bits per heavy atom. The number of carbonyl (C=O) groups is 1. The Labute approximate surface area is 101 Å². The minimum Gasteiger partial charge on any atom is -0.450 e. The third kappa shape index (κ3) is 11.2. The summed E-state index contributed by atoms with van der Waals surface area (Å²) >= 11 is 0. The molecule has 17 heavy (non-hydrogen) atoms. The quantitative estimate of drug-likeness (QED) is 0.245. The summed E-state index contributed by atoms with van der Waals surface area (Å²) in [7, 11) is 0. The van der Waals surface area contributed by atoms with Gasteiger partial charge in [0.25, 0.3) is 0 Å². The van der Waals surface area contributed by atoms with Gasteiger partial charge in [0.15, 0.2) is 0 Å². The van der Waals surface area contributed by atoms with E-state index >= 15 is 0 Å². The highest BCUT2D eigenvalue weighted by molar-refractivity contribution is 5.56. The second-order valence-corrected chi connectivity index (χ2v) is 4.57. The Morgan fingerprint density at radius 2 is 2.00 bits per heavy atom. The number of hydrogen-bond acceptors (Lipinski definition) is 5. The highest BCUT2D eigenvalue weighted by Gasteiger charge is 2.19. The Balaban J connectivity index is 4.09. The van der Waals surface area contributed by atoms with E-state index in [-0.39, 0.29) is 13.2 Å². The van der Waals surface area contributed by atoms with E-state index in [9.17, 15) is 4.79 Å². The zero-order valence-corrected chi connectivity index (χ0v) is 10.7. The van der Waals surface area contributed by atoms with Gasteiger partial charge < -0.3 is 14.6 Å². The lowest BCUT2D eigenvalue weighted by Gasteiger charge is -2.22.